The quantitative estimate of drug-likeness (QED) is 0.840. The monoisotopic (exact) mass is 219 g/mol. The fraction of sp³-hybridized carbons (Fsp3) is 0.571. The minimum absolute atomic E-state index is 0.408. The van der Waals surface area contributed by atoms with Gasteiger partial charge in [0.1, 0.15) is 0 Å². The molecule has 88 valence electrons. The van der Waals surface area contributed by atoms with Gasteiger partial charge in [0.05, 0.1) is 6.10 Å². The molecule has 0 radical (unpaired) electrons. The first-order valence-corrected chi connectivity index (χ1v) is 6.18. The van der Waals surface area contributed by atoms with E-state index in [4.69, 9.17) is 4.74 Å². The van der Waals surface area contributed by atoms with E-state index in [0.29, 0.717) is 12.1 Å². The van der Waals surface area contributed by atoms with Gasteiger partial charge in [0.25, 0.3) is 0 Å². The normalized spacial score (nSPS) is 22.2. The Labute approximate surface area is 98.0 Å². The summed E-state index contributed by atoms with van der Waals surface area (Å²) in [7, 11) is 0. The number of ether oxygens (including phenoxy) is 1. The number of hydrogen-bond donors (Lipinski definition) is 1. The number of aryl methyl sites for hydroxylation is 1. The van der Waals surface area contributed by atoms with Crippen LogP contribution in [0.25, 0.3) is 0 Å². The van der Waals surface area contributed by atoms with Crippen LogP contribution in [0.3, 0.4) is 0 Å². The fourth-order valence-electron chi connectivity index (χ4n) is 2.30. The van der Waals surface area contributed by atoms with Crippen LogP contribution in [-0.4, -0.2) is 19.3 Å². The lowest BCUT2D eigenvalue weighted by Gasteiger charge is -2.18. The molecule has 2 atom stereocenters. The van der Waals surface area contributed by atoms with Gasteiger partial charge in [-0.1, -0.05) is 24.3 Å². The molecule has 0 amide bonds. The topological polar surface area (TPSA) is 21.3 Å². The second-order valence-corrected chi connectivity index (χ2v) is 4.62. The highest BCUT2D eigenvalue weighted by molar-refractivity contribution is 5.28. The first-order chi connectivity index (χ1) is 7.77. The van der Waals surface area contributed by atoms with Crippen LogP contribution in [0.2, 0.25) is 0 Å². The molecule has 0 saturated carbocycles. The van der Waals surface area contributed by atoms with E-state index in [0.717, 1.165) is 13.2 Å². The second-order valence-electron chi connectivity index (χ2n) is 4.62. The molecule has 1 aliphatic heterocycles. The van der Waals surface area contributed by atoms with Crippen molar-refractivity contribution in [2.24, 2.45) is 0 Å². The van der Waals surface area contributed by atoms with Crippen molar-refractivity contribution >= 4 is 0 Å². The minimum Gasteiger partial charge on any atom is -0.377 e. The fourth-order valence-corrected chi connectivity index (χ4v) is 2.30. The molecule has 2 rings (SSSR count). The van der Waals surface area contributed by atoms with Crippen LogP contribution in [0.1, 0.15) is 36.9 Å². The molecule has 0 aromatic heterocycles. The average Bonchev–Trinajstić information content (AvgIpc) is 2.79. The Bertz CT molecular complexity index is 331. The molecule has 0 bridgehead atoms. The molecule has 2 nitrogen and oxygen atoms in total. The lowest BCUT2D eigenvalue weighted by molar-refractivity contribution is 0.108. The van der Waals surface area contributed by atoms with Crippen molar-refractivity contribution in [2.75, 3.05) is 13.2 Å². The highest BCUT2D eigenvalue weighted by atomic mass is 16.5. The third kappa shape index (κ3) is 2.83. The lowest BCUT2D eigenvalue weighted by atomic mass is 10.0. The van der Waals surface area contributed by atoms with Gasteiger partial charge in [-0.05, 0) is 37.8 Å². The van der Waals surface area contributed by atoms with Crippen molar-refractivity contribution < 1.29 is 4.74 Å². The molecule has 1 aromatic carbocycles. The van der Waals surface area contributed by atoms with Gasteiger partial charge in [-0.2, -0.15) is 0 Å². The van der Waals surface area contributed by atoms with E-state index in [1.54, 1.807) is 0 Å². The zero-order valence-electron chi connectivity index (χ0n) is 10.2. The van der Waals surface area contributed by atoms with Crippen molar-refractivity contribution in [1.82, 2.24) is 5.32 Å². The van der Waals surface area contributed by atoms with Gasteiger partial charge in [-0.25, -0.2) is 0 Å². The first-order valence-electron chi connectivity index (χ1n) is 6.18. The lowest BCUT2D eigenvalue weighted by Crippen LogP contribution is -2.28. The van der Waals surface area contributed by atoms with E-state index < -0.39 is 0 Å². The molecule has 1 unspecified atom stereocenters. The van der Waals surface area contributed by atoms with Gasteiger partial charge in [0, 0.05) is 19.2 Å². The maximum absolute atomic E-state index is 5.61. The third-order valence-electron chi connectivity index (χ3n) is 3.33. The summed E-state index contributed by atoms with van der Waals surface area (Å²) in [4.78, 5) is 0. The van der Waals surface area contributed by atoms with E-state index in [1.165, 1.54) is 24.0 Å². The van der Waals surface area contributed by atoms with E-state index in [1.807, 2.05) is 0 Å². The molecule has 16 heavy (non-hydrogen) atoms. The minimum atomic E-state index is 0.408. The van der Waals surface area contributed by atoms with Crippen molar-refractivity contribution in [3.05, 3.63) is 35.4 Å². The van der Waals surface area contributed by atoms with E-state index in [2.05, 4.69) is 43.4 Å². The maximum Gasteiger partial charge on any atom is 0.0700 e. The molecule has 1 heterocycles. The van der Waals surface area contributed by atoms with Crippen LogP contribution in [0, 0.1) is 6.92 Å². The molecule has 0 spiro atoms. The zero-order valence-corrected chi connectivity index (χ0v) is 10.2. The molecule has 0 aliphatic carbocycles. The van der Waals surface area contributed by atoms with Gasteiger partial charge >= 0.3 is 0 Å². The maximum atomic E-state index is 5.61. The van der Waals surface area contributed by atoms with Gasteiger partial charge in [0.2, 0.25) is 0 Å². The molecule has 1 aliphatic rings. The van der Waals surface area contributed by atoms with Gasteiger partial charge in [-0.3, -0.25) is 0 Å². The largest absolute Gasteiger partial charge is 0.377 e. The van der Waals surface area contributed by atoms with Crippen molar-refractivity contribution in [1.29, 1.82) is 0 Å². The van der Waals surface area contributed by atoms with Crippen LogP contribution in [0.4, 0.5) is 0 Å². The highest BCUT2D eigenvalue weighted by Gasteiger charge is 2.16. The van der Waals surface area contributed by atoms with Crippen molar-refractivity contribution in [3.8, 4) is 0 Å². The Hall–Kier alpha value is -0.860. The van der Waals surface area contributed by atoms with Crippen LogP contribution in [-0.2, 0) is 4.74 Å². The Morgan fingerprint density at radius 3 is 2.94 bits per heavy atom. The summed E-state index contributed by atoms with van der Waals surface area (Å²) >= 11 is 0. The Morgan fingerprint density at radius 2 is 2.25 bits per heavy atom. The van der Waals surface area contributed by atoms with Crippen molar-refractivity contribution in [3.63, 3.8) is 0 Å². The predicted molar refractivity (Wildman–Crippen MR) is 66.6 cm³/mol. The summed E-state index contributed by atoms with van der Waals surface area (Å²) in [6.45, 7) is 6.29. The molecule has 1 N–H and O–H groups in total. The number of benzene rings is 1. The summed E-state index contributed by atoms with van der Waals surface area (Å²) < 4.78 is 5.61. The number of nitrogens with one attached hydrogen (secondary N) is 1. The second kappa shape index (κ2) is 5.46. The van der Waals surface area contributed by atoms with Crippen molar-refractivity contribution in [2.45, 2.75) is 38.8 Å². The summed E-state index contributed by atoms with van der Waals surface area (Å²) in [6.07, 6.45) is 2.84. The van der Waals surface area contributed by atoms with E-state index in [-0.39, 0.29) is 0 Å². The van der Waals surface area contributed by atoms with E-state index >= 15 is 0 Å². The average molecular weight is 219 g/mol. The third-order valence-corrected chi connectivity index (χ3v) is 3.33. The summed E-state index contributed by atoms with van der Waals surface area (Å²) in [5.41, 5.74) is 2.75. The van der Waals surface area contributed by atoms with Crippen LogP contribution < -0.4 is 5.32 Å². The SMILES string of the molecule is Cc1ccccc1[C@H](C)NCC1CCCO1. The van der Waals surface area contributed by atoms with Gasteiger partial charge < -0.3 is 10.1 Å². The first kappa shape index (κ1) is 11.6. The zero-order chi connectivity index (χ0) is 11.4. The molecular weight excluding hydrogens is 198 g/mol. The molecular formula is C14H21NO. The number of rotatable bonds is 4. The van der Waals surface area contributed by atoms with E-state index in [9.17, 15) is 0 Å². The van der Waals surface area contributed by atoms with Gasteiger partial charge in [0.15, 0.2) is 0 Å². The standard InChI is InChI=1S/C14H21NO/c1-11-6-3-4-8-14(11)12(2)15-10-13-7-5-9-16-13/h3-4,6,8,12-13,15H,5,7,9-10H2,1-2H3/t12-,13?/m0/s1. The smallest absolute Gasteiger partial charge is 0.0700 e. The molecule has 1 aromatic rings. The predicted octanol–water partition coefficient (Wildman–Crippen LogP) is 2.82. The molecule has 1 fully saturated rings. The van der Waals surface area contributed by atoms with Crippen LogP contribution >= 0.6 is 0 Å². The van der Waals surface area contributed by atoms with Crippen LogP contribution in [0.15, 0.2) is 24.3 Å². The Balaban J connectivity index is 1.87. The summed E-state index contributed by atoms with van der Waals surface area (Å²) in [5.74, 6) is 0. The molecule has 1 saturated heterocycles. The Morgan fingerprint density at radius 1 is 1.44 bits per heavy atom. The Kier molecular flexibility index (Phi) is 3.97. The van der Waals surface area contributed by atoms with Crippen LogP contribution in [0.5, 0.6) is 0 Å². The van der Waals surface area contributed by atoms with Gasteiger partial charge in [-0.15, -0.1) is 0 Å². The number of hydrogen-bond acceptors (Lipinski definition) is 2. The summed E-state index contributed by atoms with van der Waals surface area (Å²) in [6, 6.07) is 8.96. The molecule has 2 heteroatoms. The summed E-state index contributed by atoms with van der Waals surface area (Å²) in [5, 5.41) is 3.56. The highest BCUT2D eigenvalue weighted by Crippen LogP contribution is 2.18.